The van der Waals surface area contributed by atoms with Crippen LogP contribution < -0.4 is 0 Å². The molecule has 0 spiro atoms. The average Bonchev–Trinajstić information content (AvgIpc) is 2.97. The largest absolute Gasteiger partial charge is 0.343 e. The third kappa shape index (κ3) is 2.41. The highest BCUT2D eigenvalue weighted by molar-refractivity contribution is 9.10. The molecule has 2 aromatic carbocycles. The van der Waals surface area contributed by atoms with Gasteiger partial charge in [0.25, 0.3) is 0 Å². The van der Waals surface area contributed by atoms with E-state index in [9.17, 15) is 0 Å². The minimum absolute atomic E-state index is 0.586. The van der Waals surface area contributed by atoms with Crippen LogP contribution in [-0.2, 0) is 25.6 Å². The van der Waals surface area contributed by atoms with E-state index in [1.54, 1.807) is 0 Å². The molecule has 2 saturated heterocycles. The van der Waals surface area contributed by atoms with Crippen molar-refractivity contribution in [3.63, 3.8) is 0 Å². The maximum Gasteiger partial charge on any atom is 0.232 e. The molecule has 2 fully saturated rings. The van der Waals surface area contributed by atoms with Gasteiger partial charge in [0.2, 0.25) is 5.79 Å². The molecule has 2 heterocycles. The van der Waals surface area contributed by atoms with Crippen molar-refractivity contribution in [3.8, 4) is 0 Å². The highest BCUT2D eigenvalue weighted by Crippen LogP contribution is 2.61. The van der Waals surface area contributed by atoms with Gasteiger partial charge in [0, 0.05) is 20.9 Å². The molecule has 0 amide bonds. The summed E-state index contributed by atoms with van der Waals surface area (Å²) in [5, 5.41) is 0. The minimum Gasteiger partial charge on any atom is -0.343 e. The maximum absolute atomic E-state index is 6.50. The van der Waals surface area contributed by atoms with Gasteiger partial charge in [-0.05, 0) is 43.7 Å². The van der Waals surface area contributed by atoms with Crippen LogP contribution in [0.1, 0.15) is 31.4 Å². The Kier molecular flexibility index (Phi) is 3.93. The van der Waals surface area contributed by atoms with Crippen molar-refractivity contribution >= 4 is 31.9 Å². The van der Waals surface area contributed by atoms with Gasteiger partial charge in [0.05, 0.1) is 6.61 Å². The molecule has 0 aromatic heterocycles. The van der Waals surface area contributed by atoms with Crippen LogP contribution in [0.4, 0.5) is 0 Å². The molecule has 2 aliphatic rings. The van der Waals surface area contributed by atoms with Crippen molar-refractivity contribution in [3.05, 3.63) is 68.6 Å². The molecule has 5 heteroatoms. The molecule has 2 atom stereocenters. The van der Waals surface area contributed by atoms with Crippen LogP contribution in [-0.4, -0.2) is 12.4 Å². The van der Waals surface area contributed by atoms with Crippen molar-refractivity contribution in [2.75, 3.05) is 6.61 Å². The standard InChI is InChI=1S/C19H18Br2O3/c1-17(2)23-18(13-3-7-15(20)8-4-13)11-12-22-19(18,24-17)14-5-9-16(21)10-6-14/h3-10H,11-12H2,1-2H3/t18-,19+/m1/s1. The Morgan fingerprint density at radius 2 is 1.33 bits per heavy atom. The summed E-state index contributed by atoms with van der Waals surface area (Å²) in [6, 6.07) is 16.3. The van der Waals surface area contributed by atoms with Gasteiger partial charge >= 0.3 is 0 Å². The number of ether oxygens (including phenoxy) is 3. The molecule has 4 rings (SSSR count). The van der Waals surface area contributed by atoms with E-state index in [-0.39, 0.29) is 0 Å². The zero-order valence-electron chi connectivity index (χ0n) is 13.5. The Balaban J connectivity index is 1.91. The third-order valence-electron chi connectivity index (χ3n) is 4.64. The third-order valence-corrected chi connectivity index (χ3v) is 5.69. The van der Waals surface area contributed by atoms with Crippen LogP contribution in [0.5, 0.6) is 0 Å². The quantitative estimate of drug-likeness (QED) is 0.603. The average molecular weight is 454 g/mol. The van der Waals surface area contributed by atoms with Crippen LogP contribution in [0.25, 0.3) is 0 Å². The summed E-state index contributed by atoms with van der Waals surface area (Å²) >= 11 is 7.00. The number of fused-ring (bicyclic) bond motifs is 1. The Bertz CT molecular complexity index is 694. The van der Waals surface area contributed by atoms with Crippen molar-refractivity contribution in [1.82, 2.24) is 0 Å². The van der Waals surface area contributed by atoms with E-state index in [1.807, 2.05) is 50.2 Å². The molecule has 24 heavy (non-hydrogen) atoms. The Hall–Kier alpha value is -0.720. The van der Waals surface area contributed by atoms with Crippen molar-refractivity contribution < 1.29 is 14.2 Å². The summed E-state index contributed by atoms with van der Waals surface area (Å²) in [5.41, 5.74) is 1.37. The minimum atomic E-state index is -0.939. The summed E-state index contributed by atoms with van der Waals surface area (Å²) < 4.78 is 21.2. The molecule has 2 aliphatic heterocycles. The zero-order chi connectivity index (χ0) is 17.0. The topological polar surface area (TPSA) is 27.7 Å². The Morgan fingerprint density at radius 1 is 0.792 bits per heavy atom. The fourth-order valence-corrected chi connectivity index (χ4v) is 4.32. The first-order valence-corrected chi connectivity index (χ1v) is 9.52. The maximum atomic E-state index is 6.50. The van der Waals surface area contributed by atoms with Crippen LogP contribution >= 0.6 is 31.9 Å². The van der Waals surface area contributed by atoms with Crippen molar-refractivity contribution in [1.29, 1.82) is 0 Å². The number of halogens is 2. The summed E-state index contributed by atoms with van der Waals surface area (Å²) in [5.74, 6) is -1.68. The molecular formula is C19H18Br2O3. The van der Waals surface area contributed by atoms with Gasteiger partial charge in [0.15, 0.2) is 11.4 Å². The van der Waals surface area contributed by atoms with E-state index in [0.29, 0.717) is 6.61 Å². The number of hydrogen-bond donors (Lipinski definition) is 0. The van der Waals surface area contributed by atoms with E-state index in [1.165, 1.54) is 0 Å². The van der Waals surface area contributed by atoms with E-state index >= 15 is 0 Å². The predicted octanol–water partition coefficient (Wildman–Crippen LogP) is 5.46. The molecule has 0 N–H and O–H groups in total. The fourth-order valence-electron chi connectivity index (χ4n) is 3.79. The van der Waals surface area contributed by atoms with E-state index in [2.05, 4.69) is 44.0 Å². The smallest absolute Gasteiger partial charge is 0.232 e. The SMILES string of the molecule is CC1(C)O[C@]2(c3ccc(Br)cc3)OCC[C@]2(c2ccc(Br)cc2)O1. The van der Waals surface area contributed by atoms with Gasteiger partial charge < -0.3 is 14.2 Å². The first-order chi connectivity index (χ1) is 11.4. The molecular weight excluding hydrogens is 436 g/mol. The molecule has 0 aliphatic carbocycles. The first-order valence-electron chi connectivity index (χ1n) is 7.93. The second kappa shape index (κ2) is 5.64. The van der Waals surface area contributed by atoms with Gasteiger partial charge in [-0.25, -0.2) is 0 Å². The Morgan fingerprint density at radius 3 is 1.92 bits per heavy atom. The lowest BCUT2D eigenvalue weighted by Gasteiger charge is -2.36. The van der Waals surface area contributed by atoms with Crippen LogP contribution in [0.3, 0.4) is 0 Å². The normalized spacial score (nSPS) is 31.2. The summed E-state index contributed by atoms with van der Waals surface area (Å²) in [4.78, 5) is 0. The van der Waals surface area contributed by atoms with E-state index < -0.39 is 17.2 Å². The Labute approximate surface area is 158 Å². The molecule has 0 unspecified atom stereocenters. The lowest BCUT2D eigenvalue weighted by molar-refractivity contribution is -0.254. The first kappa shape index (κ1) is 16.7. The highest BCUT2D eigenvalue weighted by Gasteiger charge is 2.69. The number of rotatable bonds is 2. The van der Waals surface area contributed by atoms with Crippen LogP contribution in [0.2, 0.25) is 0 Å². The highest BCUT2D eigenvalue weighted by atomic mass is 79.9. The lowest BCUT2D eigenvalue weighted by Crippen LogP contribution is -2.43. The van der Waals surface area contributed by atoms with Gasteiger partial charge in [-0.15, -0.1) is 0 Å². The van der Waals surface area contributed by atoms with Gasteiger partial charge in [-0.1, -0.05) is 56.1 Å². The number of benzene rings is 2. The molecule has 3 nitrogen and oxygen atoms in total. The van der Waals surface area contributed by atoms with Gasteiger partial charge in [-0.2, -0.15) is 0 Å². The molecule has 0 saturated carbocycles. The molecule has 126 valence electrons. The molecule has 2 aromatic rings. The zero-order valence-corrected chi connectivity index (χ0v) is 16.7. The fraction of sp³-hybridized carbons (Fsp3) is 0.368. The lowest BCUT2D eigenvalue weighted by atomic mass is 9.81. The second-order valence-electron chi connectivity index (χ2n) is 6.66. The van der Waals surface area contributed by atoms with Crippen molar-refractivity contribution in [2.45, 2.75) is 37.4 Å². The van der Waals surface area contributed by atoms with E-state index in [4.69, 9.17) is 14.2 Å². The van der Waals surface area contributed by atoms with Crippen molar-refractivity contribution in [2.24, 2.45) is 0 Å². The summed E-state index contributed by atoms with van der Waals surface area (Å²) in [7, 11) is 0. The summed E-state index contributed by atoms with van der Waals surface area (Å²) in [6.07, 6.45) is 0.744. The molecule has 0 bridgehead atoms. The predicted molar refractivity (Wildman–Crippen MR) is 98.5 cm³/mol. The van der Waals surface area contributed by atoms with Gasteiger partial charge in [0.1, 0.15) is 0 Å². The van der Waals surface area contributed by atoms with E-state index in [0.717, 1.165) is 26.5 Å². The summed E-state index contributed by atoms with van der Waals surface area (Å²) in [6.45, 7) is 4.47. The number of hydrogen-bond acceptors (Lipinski definition) is 3. The second-order valence-corrected chi connectivity index (χ2v) is 8.49. The monoisotopic (exact) mass is 452 g/mol. The van der Waals surface area contributed by atoms with Crippen LogP contribution in [0.15, 0.2) is 57.5 Å². The van der Waals surface area contributed by atoms with Gasteiger partial charge in [-0.3, -0.25) is 0 Å². The molecule has 0 radical (unpaired) electrons. The van der Waals surface area contributed by atoms with Crippen LogP contribution in [0, 0.1) is 0 Å².